The lowest BCUT2D eigenvalue weighted by atomic mass is 9.57. The molecule has 1 aliphatic heterocycles. The van der Waals surface area contributed by atoms with E-state index in [1.807, 2.05) is 0 Å². The maximum Gasteiger partial charge on any atom is 0.255 e. The number of aliphatic hydroxyl groups is 3. The monoisotopic (exact) mass is 484 g/mol. The number of nitrogens with zero attached hydrogens (tertiary/aromatic N) is 1. The molecule has 1 saturated heterocycles. The van der Waals surface area contributed by atoms with Gasteiger partial charge in [-0.3, -0.25) is 19.3 Å². The number of primary amides is 1. The fraction of sp³-hybridized carbons (Fsp3) is 0.480. The van der Waals surface area contributed by atoms with Crippen LogP contribution in [0.3, 0.4) is 0 Å². The van der Waals surface area contributed by atoms with E-state index in [0.717, 1.165) is 12.0 Å². The number of fused-ring (bicyclic) bond motifs is 3. The Labute approximate surface area is 201 Å². The molecule has 1 aromatic rings. The number of likely N-dealkylation sites (N-methyl/N-ethyl adjacent to an activating group) is 1. The van der Waals surface area contributed by atoms with E-state index >= 15 is 0 Å². The van der Waals surface area contributed by atoms with Crippen molar-refractivity contribution in [1.82, 2.24) is 4.90 Å². The maximum absolute atomic E-state index is 13.8. The number of ether oxygens (including phenoxy) is 1. The van der Waals surface area contributed by atoms with Crippen LogP contribution < -0.4 is 5.73 Å². The van der Waals surface area contributed by atoms with Crippen molar-refractivity contribution >= 4 is 23.2 Å². The first-order valence-corrected chi connectivity index (χ1v) is 11.6. The Bertz CT molecular complexity index is 1230. The van der Waals surface area contributed by atoms with Crippen molar-refractivity contribution in [2.75, 3.05) is 27.3 Å². The summed E-state index contributed by atoms with van der Waals surface area (Å²) >= 11 is 0. The summed E-state index contributed by atoms with van der Waals surface area (Å²) in [4.78, 5) is 40.4. The molecule has 3 aliphatic carbocycles. The number of Topliss-reactive ketones (excluding diaryl/α,β-unsaturated/α-hetero) is 2. The van der Waals surface area contributed by atoms with Crippen LogP contribution in [0.15, 0.2) is 29.0 Å². The number of hydrogen-bond acceptors (Lipinski definition) is 9. The molecule has 0 spiro atoms. The average molecular weight is 485 g/mol. The fourth-order valence-corrected chi connectivity index (χ4v) is 6.43. The van der Waals surface area contributed by atoms with Gasteiger partial charge < -0.3 is 30.9 Å². The minimum atomic E-state index is -2.63. The first kappa shape index (κ1) is 23.5. The first-order valence-electron chi connectivity index (χ1n) is 11.6. The highest BCUT2D eigenvalue weighted by molar-refractivity contribution is 6.24. The molecule has 5 rings (SSSR count). The second-order valence-corrected chi connectivity index (χ2v) is 10.0. The topological polar surface area (TPSA) is 171 Å². The minimum Gasteiger partial charge on any atom is -0.508 e. The van der Waals surface area contributed by atoms with Crippen LogP contribution in [-0.4, -0.2) is 81.8 Å². The predicted molar refractivity (Wildman–Crippen MR) is 122 cm³/mol. The number of amides is 1. The molecule has 1 unspecified atom stereocenters. The number of carbonyl (C=O) groups is 3. The number of benzene rings is 1. The number of aromatic hydroxyl groups is 1. The zero-order chi connectivity index (χ0) is 25.4. The zero-order valence-corrected chi connectivity index (χ0v) is 19.4. The van der Waals surface area contributed by atoms with Gasteiger partial charge in [-0.1, -0.05) is 6.07 Å². The smallest absolute Gasteiger partial charge is 0.255 e. The second-order valence-electron chi connectivity index (χ2n) is 10.0. The van der Waals surface area contributed by atoms with Crippen molar-refractivity contribution in [3.8, 4) is 5.75 Å². The molecule has 1 saturated carbocycles. The summed E-state index contributed by atoms with van der Waals surface area (Å²) in [6.07, 6.45) is 1.14. The predicted octanol–water partition coefficient (Wildman–Crippen LogP) is 0.468. The van der Waals surface area contributed by atoms with E-state index in [0.29, 0.717) is 18.8 Å². The third-order valence-corrected chi connectivity index (χ3v) is 8.01. The Balaban J connectivity index is 1.72. The Morgan fingerprint density at radius 2 is 1.89 bits per heavy atom. The molecule has 10 nitrogen and oxygen atoms in total. The van der Waals surface area contributed by atoms with Gasteiger partial charge in [-0.25, -0.2) is 0 Å². The average Bonchev–Trinajstić information content (AvgIpc) is 3.30. The second kappa shape index (κ2) is 7.91. The summed E-state index contributed by atoms with van der Waals surface area (Å²) in [5.41, 5.74) is 3.47. The number of phenolic OH excluding ortho intramolecular Hbond substituents is 1. The number of hydrogen-bond donors (Lipinski definition) is 5. The van der Waals surface area contributed by atoms with Crippen LogP contribution in [0.1, 0.15) is 35.4 Å². The highest BCUT2D eigenvalue weighted by Gasteiger charge is 2.64. The SMILES string of the molecule is CN(C)[C@@H]1C(=O)C(C(N)=O)=C(O)[C@@]2(O)C(=O)C3=C(O)c4c(O)ccc(C5CCOC5)c4C[C@H]3C[C@@H]12. The highest BCUT2D eigenvalue weighted by Crippen LogP contribution is 2.53. The van der Waals surface area contributed by atoms with Gasteiger partial charge in [0, 0.05) is 24.0 Å². The van der Waals surface area contributed by atoms with Gasteiger partial charge in [0.25, 0.3) is 5.91 Å². The zero-order valence-electron chi connectivity index (χ0n) is 19.4. The standard InChI is InChI=1S/C25H28N2O8/c1-27(2)19-14-8-11-7-13-12(10-5-6-35-9-10)3-4-15(28)17(13)20(29)16(11)22(31)25(14,34)23(32)18(21(19)30)24(26)33/h3-4,10-11,14,19,28-29,32,34H,5-9H2,1-2H3,(H2,26,33)/t10?,11-,14-,19-,25-/m0/s1. The minimum absolute atomic E-state index is 0.0715. The summed E-state index contributed by atoms with van der Waals surface area (Å²) in [6.45, 7) is 1.11. The van der Waals surface area contributed by atoms with E-state index < -0.39 is 58.0 Å². The number of ketones is 2. The van der Waals surface area contributed by atoms with Gasteiger partial charge in [0.2, 0.25) is 5.78 Å². The van der Waals surface area contributed by atoms with Crippen LogP contribution in [0.4, 0.5) is 0 Å². The van der Waals surface area contributed by atoms with Crippen LogP contribution in [0.5, 0.6) is 5.75 Å². The van der Waals surface area contributed by atoms with E-state index in [1.165, 1.54) is 11.0 Å². The molecule has 0 aromatic heterocycles. The van der Waals surface area contributed by atoms with Gasteiger partial charge in [0.15, 0.2) is 11.4 Å². The maximum atomic E-state index is 13.8. The molecule has 1 heterocycles. The quantitative estimate of drug-likeness (QED) is 0.383. The van der Waals surface area contributed by atoms with Crippen LogP contribution >= 0.6 is 0 Å². The molecule has 186 valence electrons. The van der Waals surface area contributed by atoms with E-state index in [4.69, 9.17) is 10.5 Å². The van der Waals surface area contributed by atoms with Crippen molar-refractivity contribution in [3.05, 3.63) is 45.7 Å². The molecular formula is C25H28N2O8. The van der Waals surface area contributed by atoms with Crippen LogP contribution in [-0.2, 0) is 25.5 Å². The molecular weight excluding hydrogens is 456 g/mol. The summed E-state index contributed by atoms with van der Waals surface area (Å²) in [6, 6.07) is 2.16. The molecule has 35 heavy (non-hydrogen) atoms. The Morgan fingerprint density at radius 1 is 1.17 bits per heavy atom. The Morgan fingerprint density at radius 3 is 2.49 bits per heavy atom. The molecule has 0 radical (unpaired) electrons. The first-order chi connectivity index (χ1) is 16.5. The lowest BCUT2D eigenvalue weighted by Crippen LogP contribution is -2.65. The van der Waals surface area contributed by atoms with Crippen LogP contribution in [0.2, 0.25) is 0 Å². The van der Waals surface area contributed by atoms with Gasteiger partial charge >= 0.3 is 0 Å². The largest absolute Gasteiger partial charge is 0.508 e. The van der Waals surface area contributed by atoms with E-state index in [1.54, 1.807) is 20.2 Å². The molecule has 6 N–H and O–H groups in total. The van der Waals surface area contributed by atoms with Crippen molar-refractivity contribution in [2.45, 2.75) is 36.8 Å². The van der Waals surface area contributed by atoms with Crippen molar-refractivity contribution in [2.24, 2.45) is 17.6 Å². The summed E-state index contributed by atoms with van der Waals surface area (Å²) in [7, 11) is 3.15. The van der Waals surface area contributed by atoms with Gasteiger partial charge in [0.05, 0.1) is 18.2 Å². The highest BCUT2D eigenvalue weighted by atomic mass is 16.5. The van der Waals surface area contributed by atoms with Gasteiger partial charge in [-0.05, 0) is 56.5 Å². The Hall–Kier alpha value is -3.21. The summed E-state index contributed by atoms with van der Waals surface area (Å²) in [5, 5.41) is 44.3. The Kier molecular flexibility index (Phi) is 5.31. The normalized spacial score (nSPS) is 32.6. The molecule has 4 aliphatic rings. The van der Waals surface area contributed by atoms with Crippen LogP contribution in [0.25, 0.3) is 5.76 Å². The van der Waals surface area contributed by atoms with E-state index in [2.05, 4.69) is 0 Å². The van der Waals surface area contributed by atoms with Gasteiger partial charge in [0.1, 0.15) is 22.8 Å². The third-order valence-electron chi connectivity index (χ3n) is 8.01. The molecule has 1 amide bonds. The molecule has 5 atom stereocenters. The van der Waals surface area contributed by atoms with Crippen LogP contribution in [0, 0.1) is 11.8 Å². The van der Waals surface area contributed by atoms with Crippen molar-refractivity contribution in [3.63, 3.8) is 0 Å². The summed E-state index contributed by atoms with van der Waals surface area (Å²) in [5.74, 6) is -6.40. The molecule has 1 aromatic carbocycles. The van der Waals surface area contributed by atoms with E-state index in [-0.39, 0.29) is 35.6 Å². The lowest BCUT2D eigenvalue weighted by molar-refractivity contribution is -0.153. The van der Waals surface area contributed by atoms with Gasteiger partial charge in [-0.15, -0.1) is 0 Å². The third kappa shape index (κ3) is 3.10. The summed E-state index contributed by atoms with van der Waals surface area (Å²) < 4.78 is 5.52. The number of carbonyl (C=O) groups excluding carboxylic acids is 3. The molecule has 10 heteroatoms. The number of nitrogens with two attached hydrogens (primary N) is 1. The lowest BCUT2D eigenvalue weighted by Gasteiger charge is -2.50. The van der Waals surface area contributed by atoms with E-state index in [9.17, 15) is 34.8 Å². The van der Waals surface area contributed by atoms with Crippen molar-refractivity contribution in [1.29, 1.82) is 0 Å². The molecule has 2 fully saturated rings. The molecule has 0 bridgehead atoms. The van der Waals surface area contributed by atoms with Gasteiger partial charge in [-0.2, -0.15) is 0 Å². The van der Waals surface area contributed by atoms with Crippen molar-refractivity contribution < 1.29 is 39.5 Å². The fourth-order valence-electron chi connectivity index (χ4n) is 6.43. The number of phenols is 1. The number of rotatable bonds is 3. The number of aliphatic hydroxyl groups excluding tert-OH is 2.